The number of amides is 2. The van der Waals surface area contributed by atoms with E-state index in [4.69, 9.17) is 0 Å². The molecule has 1 unspecified atom stereocenters. The largest absolute Gasteiger partial charge is 0.354 e. The Morgan fingerprint density at radius 2 is 1.93 bits per heavy atom. The molecule has 158 valence electrons. The van der Waals surface area contributed by atoms with E-state index in [0.717, 1.165) is 50.9 Å². The van der Waals surface area contributed by atoms with Crippen LogP contribution in [0.25, 0.3) is 5.69 Å². The van der Waals surface area contributed by atoms with Crippen molar-refractivity contribution in [3.8, 4) is 5.69 Å². The van der Waals surface area contributed by atoms with Crippen molar-refractivity contribution in [3.05, 3.63) is 52.6 Å². The molecule has 2 atom stereocenters. The monoisotopic (exact) mass is 409 g/mol. The molecule has 30 heavy (non-hydrogen) atoms. The Labute approximate surface area is 175 Å². The zero-order valence-corrected chi connectivity index (χ0v) is 16.9. The molecule has 1 aromatic heterocycles. The first kappa shape index (κ1) is 19.2. The fourth-order valence-corrected chi connectivity index (χ4v) is 4.42. The molecule has 2 aromatic rings. The van der Waals surface area contributed by atoms with E-state index in [1.165, 1.54) is 10.1 Å². The Hall–Kier alpha value is -2.75. The molecule has 3 fully saturated rings. The summed E-state index contributed by atoms with van der Waals surface area (Å²) in [7, 11) is 0. The number of fused-ring (bicyclic) bond motifs is 1. The van der Waals surface area contributed by atoms with Gasteiger partial charge < -0.3 is 15.5 Å². The summed E-state index contributed by atoms with van der Waals surface area (Å²) >= 11 is 0. The van der Waals surface area contributed by atoms with Gasteiger partial charge in [0.05, 0.1) is 5.69 Å². The number of urea groups is 1. The molecule has 0 spiro atoms. The van der Waals surface area contributed by atoms with Crippen molar-refractivity contribution in [2.45, 2.75) is 12.6 Å². The minimum Gasteiger partial charge on any atom is -0.322 e. The molecule has 0 aliphatic carbocycles. The summed E-state index contributed by atoms with van der Waals surface area (Å²) in [5.41, 5.74) is 1.59. The van der Waals surface area contributed by atoms with Crippen molar-refractivity contribution in [3.63, 3.8) is 0 Å². The lowest BCUT2D eigenvalue weighted by atomic mass is 9.96. The maximum Gasteiger partial charge on any atom is 0.354 e. The van der Waals surface area contributed by atoms with Crippen LogP contribution in [-0.4, -0.2) is 77.2 Å². The second kappa shape index (κ2) is 8.17. The number of nitrogens with one attached hydrogen (secondary N) is 3. The molecule has 0 saturated carbocycles. The van der Waals surface area contributed by atoms with Crippen molar-refractivity contribution in [2.75, 3.05) is 51.1 Å². The number of aromatic nitrogens is 2. The van der Waals surface area contributed by atoms with E-state index in [0.29, 0.717) is 19.1 Å². The molecule has 5 rings (SSSR count). The van der Waals surface area contributed by atoms with Gasteiger partial charge in [0.1, 0.15) is 5.82 Å². The molecule has 3 aliphatic heterocycles. The highest BCUT2D eigenvalue weighted by atomic mass is 16.2. The van der Waals surface area contributed by atoms with Gasteiger partial charge in [0.15, 0.2) is 0 Å². The highest BCUT2D eigenvalue weighted by Crippen LogP contribution is 2.24. The first-order valence-electron chi connectivity index (χ1n) is 10.6. The number of rotatable bonds is 4. The molecule has 2 amide bonds. The number of hydrogen-bond acceptors (Lipinski definition) is 6. The Morgan fingerprint density at radius 3 is 2.57 bits per heavy atom. The molecule has 3 aliphatic rings. The summed E-state index contributed by atoms with van der Waals surface area (Å²) in [5.74, 6) is 1.08. The number of nitrogens with zero attached hydrogens (tertiary/aromatic N) is 4. The molecule has 0 radical (unpaired) electrons. The fourth-order valence-electron chi connectivity index (χ4n) is 4.42. The van der Waals surface area contributed by atoms with Gasteiger partial charge in [0.2, 0.25) is 0 Å². The standard InChI is InChI=1S/C21H27N7O2/c29-20(27-9-6-22-7-10-27)24-19-5-8-28(21(30)25-19)17-3-1-15(2-4-17)12-26-13-16-11-23-18(16)14-26/h1-5,8,16,18,22-23H,6-7,9-14H2,(H,24,25,29,30)/t16?,18-/m1/s1. The average Bonchev–Trinajstić information content (AvgIpc) is 3.03. The van der Waals surface area contributed by atoms with E-state index in [2.05, 4.69) is 38.0 Å². The van der Waals surface area contributed by atoms with Crippen LogP contribution in [0.3, 0.4) is 0 Å². The molecule has 9 heteroatoms. The predicted molar refractivity (Wildman–Crippen MR) is 114 cm³/mol. The molecule has 4 heterocycles. The molecule has 3 saturated heterocycles. The highest BCUT2D eigenvalue weighted by Gasteiger charge is 2.38. The summed E-state index contributed by atoms with van der Waals surface area (Å²) < 4.78 is 1.49. The molecular weight excluding hydrogens is 382 g/mol. The van der Waals surface area contributed by atoms with Crippen LogP contribution in [0.1, 0.15) is 5.56 Å². The van der Waals surface area contributed by atoms with E-state index in [9.17, 15) is 9.59 Å². The number of carbonyl (C=O) groups is 1. The summed E-state index contributed by atoms with van der Waals surface area (Å²) in [6, 6.07) is 10.1. The van der Waals surface area contributed by atoms with Crippen LogP contribution in [0.5, 0.6) is 0 Å². The van der Waals surface area contributed by atoms with Gasteiger partial charge in [-0.2, -0.15) is 4.98 Å². The summed E-state index contributed by atoms with van der Waals surface area (Å²) in [6.07, 6.45) is 1.65. The Morgan fingerprint density at radius 1 is 1.13 bits per heavy atom. The zero-order valence-electron chi connectivity index (χ0n) is 16.9. The lowest BCUT2D eigenvalue weighted by Gasteiger charge is -2.30. The first-order valence-corrected chi connectivity index (χ1v) is 10.6. The van der Waals surface area contributed by atoms with Gasteiger partial charge in [0.25, 0.3) is 0 Å². The van der Waals surface area contributed by atoms with Gasteiger partial charge in [-0.25, -0.2) is 9.59 Å². The minimum absolute atomic E-state index is 0.226. The van der Waals surface area contributed by atoms with E-state index in [1.807, 2.05) is 12.1 Å². The van der Waals surface area contributed by atoms with Crippen molar-refractivity contribution >= 4 is 11.8 Å². The third-order valence-electron chi connectivity index (χ3n) is 6.22. The smallest absolute Gasteiger partial charge is 0.322 e. The van der Waals surface area contributed by atoms with E-state index in [1.54, 1.807) is 17.2 Å². The second-order valence-electron chi connectivity index (χ2n) is 8.27. The third-order valence-corrected chi connectivity index (χ3v) is 6.22. The Balaban J connectivity index is 1.23. The predicted octanol–water partition coefficient (Wildman–Crippen LogP) is 0.0732. The number of likely N-dealkylation sites (tertiary alicyclic amines) is 1. The van der Waals surface area contributed by atoms with Crippen molar-refractivity contribution in [1.29, 1.82) is 0 Å². The molecule has 1 aromatic carbocycles. The third kappa shape index (κ3) is 3.96. The lowest BCUT2D eigenvalue weighted by Crippen LogP contribution is -2.51. The minimum atomic E-state index is -0.414. The number of anilines is 1. The number of hydrogen-bond donors (Lipinski definition) is 3. The maximum atomic E-state index is 12.5. The molecule has 0 bridgehead atoms. The van der Waals surface area contributed by atoms with Crippen LogP contribution in [0.4, 0.5) is 10.6 Å². The number of piperazine rings is 1. The van der Waals surface area contributed by atoms with Crippen LogP contribution in [-0.2, 0) is 6.54 Å². The van der Waals surface area contributed by atoms with Gasteiger partial charge in [0, 0.05) is 70.5 Å². The van der Waals surface area contributed by atoms with Gasteiger partial charge in [-0.3, -0.25) is 14.8 Å². The van der Waals surface area contributed by atoms with Crippen LogP contribution < -0.4 is 21.6 Å². The summed E-state index contributed by atoms with van der Waals surface area (Å²) in [4.78, 5) is 33.0. The van der Waals surface area contributed by atoms with Gasteiger partial charge in [-0.1, -0.05) is 12.1 Å². The maximum absolute atomic E-state index is 12.5. The Kier molecular flexibility index (Phi) is 5.24. The zero-order chi connectivity index (χ0) is 20.5. The van der Waals surface area contributed by atoms with E-state index < -0.39 is 5.69 Å². The van der Waals surface area contributed by atoms with Gasteiger partial charge in [-0.05, 0) is 23.8 Å². The SMILES string of the molecule is O=C(Nc1ccn(-c2ccc(CN3CC4CN[C@@H]4C3)cc2)c(=O)n1)N1CCNCC1. The number of carbonyl (C=O) groups excluding carboxylic acids is 1. The van der Waals surface area contributed by atoms with Crippen molar-refractivity contribution in [2.24, 2.45) is 5.92 Å². The quantitative estimate of drug-likeness (QED) is 0.662. The summed E-state index contributed by atoms with van der Waals surface area (Å²) in [6.45, 7) is 7.17. The van der Waals surface area contributed by atoms with Crippen LogP contribution in [0, 0.1) is 5.92 Å². The average molecular weight is 409 g/mol. The summed E-state index contributed by atoms with van der Waals surface area (Å²) in [5, 5.41) is 9.40. The second-order valence-corrected chi connectivity index (χ2v) is 8.27. The van der Waals surface area contributed by atoms with Gasteiger partial charge >= 0.3 is 11.7 Å². The highest BCUT2D eigenvalue weighted by molar-refractivity contribution is 5.88. The van der Waals surface area contributed by atoms with Crippen LogP contribution >= 0.6 is 0 Å². The Bertz CT molecular complexity index is 956. The van der Waals surface area contributed by atoms with E-state index in [-0.39, 0.29) is 11.8 Å². The number of benzene rings is 1. The van der Waals surface area contributed by atoms with Crippen LogP contribution in [0.15, 0.2) is 41.3 Å². The first-order chi connectivity index (χ1) is 14.7. The molecular formula is C21H27N7O2. The molecule has 9 nitrogen and oxygen atoms in total. The topological polar surface area (TPSA) is 94.5 Å². The molecule has 3 N–H and O–H groups in total. The van der Waals surface area contributed by atoms with Crippen molar-refractivity contribution < 1.29 is 4.79 Å². The van der Waals surface area contributed by atoms with Gasteiger partial charge in [-0.15, -0.1) is 0 Å². The van der Waals surface area contributed by atoms with E-state index >= 15 is 0 Å². The lowest BCUT2D eigenvalue weighted by molar-refractivity contribution is 0.204. The van der Waals surface area contributed by atoms with Crippen LogP contribution in [0.2, 0.25) is 0 Å². The fraction of sp³-hybridized carbons (Fsp3) is 0.476. The van der Waals surface area contributed by atoms with Crippen molar-refractivity contribution in [1.82, 2.24) is 30.0 Å². The normalized spacial score (nSPS) is 23.7.